The highest BCUT2D eigenvalue weighted by Crippen LogP contribution is 2.46. The molecule has 220 valence electrons. The van der Waals surface area contributed by atoms with Gasteiger partial charge in [0.1, 0.15) is 18.1 Å². The minimum atomic E-state index is -0.995. The number of amides is 4. The van der Waals surface area contributed by atoms with E-state index in [1.807, 2.05) is 45.0 Å². The predicted octanol–water partition coefficient (Wildman–Crippen LogP) is 3.79. The van der Waals surface area contributed by atoms with E-state index in [1.54, 1.807) is 0 Å². The summed E-state index contributed by atoms with van der Waals surface area (Å²) in [5, 5.41) is 19.0. The van der Waals surface area contributed by atoms with Crippen LogP contribution in [0.5, 0.6) is 0 Å². The Kier molecular flexibility index (Phi) is 8.13. The third kappa shape index (κ3) is 6.27. The number of carbonyl (C=O) groups excluding carboxylic acids is 4. The number of nitriles is 1. The van der Waals surface area contributed by atoms with Gasteiger partial charge in [-0.3, -0.25) is 19.2 Å². The van der Waals surface area contributed by atoms with Crippen molar-refractivity contribution >= 4 is 29.3 Å². The molecule has 4 atom stereocenters. The van der Waals surface area contributed by atoms with Gasteiger partial charge in [-0.15, -0.1) is 0 Å². The Morgan fingerprint density at radius 1 is 1.07 bits per heavy atom. The highest BCUT2D eigenvalue weighted by molar-refractivity contribution is 6.07. The average Bonchev–Trinajstić information content (AvgIpc) is 3.61. The molecule has 1 saturated heterocycles. The summed E-state index contributed by atoms with van der Waals surface area (Å²) in [5.74, 6) is -0.659. The lowest BCUT2D eigenvalue weighted by molar-refractivity contribution is -0.138. The van der Waals surface area contributed by atoms with Crippen molar-refractivity contribution in [3.8, 4) is 6.07 Å². The van der Waals surface area contributed by atoms with Gasteiger partial charge in [0.15, 0.2) is 0 Å². The van der Waals surface area contributed by atoms with Gasteiger partial charge in [-0.25, -0.2) is 0 Å². The number of benzene rings is 1. The second kappa shape index (κ2) is 11.5. The molecule has 1 aromatic rings. The highest BCUT2D eigenvalue weighted by atomic mass is 16.2. The summed E-state index contributed by atoms with van der Waals surface area (Å²) in [6.45, 7) is 6.08. The number of likely N-dealkylation sites (tertiary alicyclic amines) is 1. The van der Waals surface area contributed by atoms with Gasteiger partial charge < -0.3 is 20.9 Å². The van der Waals surface area contributed by atoms with E-state index >= 15 is 0 Å². The molecular weight excluding hydrogens is 518 g/mol. The summed E-state index contributed by atoms with van der Waals surface area (Å²) < 4.78 is 0. The number of anilines is 1. The number of nitrogens with one attached hydrogen (secondary N) is 3. The minimum absolute atomic E-state index is 0.0668. The van der Waals surface area contributed by atoms with Crippen molar-refractivity contribution < 1.29 is 19.2 Å². The second-order valence-electron chi connectivity index (χ2n) is 13.8. The van der Waals surface area contributed by atoms with Crippen molar-refractivity contribution in [1.29, 1.82) is 5.26 Å². The van der Waals surface area contributed by atoms with Crippen molar-refractivity contribution in [2.75, 3.05) is 11.9 Å². The Bertz CT molecular complexity index is 1240. The lowest BCUT2D eigenvalue weighted by Crippen LogP contribution is -2.56. The van der Waals surface area contributed by atoms with E-state index in [2.05, 4.69) is 22.0 Å². The summed E-state index contributed by atoms with van der Waals surface area (Å²) in [5.41, 5.74) is 0.208. The number of rotatable bonds is 8. The van der Waals surface area contributed by atoms with Crippen LogP contribution in [0.1, 0.15) is 90.5 Å². The zero-order chi connectivity index (χ0) is 29.4. The molecule has 9 nitrogen and oxygen atoms in total. The zero-order valence-corrected chi connectivity index (χ0v) is 24.5. The van der Waals surface area contributed by atoms with Gasteiger partial charge in [0.2, 0.25) is 23.6 Å². The van der Waals surface area contributed by atoms with E-state index in [0.29, 0.717) is 24.4 Å². The molecule has 0 unspecified atom stereocenters. The van der Waals surface area contributed by atoms with Crippen LogP contribution in [-0.2, 0) is 24.6 Å². The number of para-hydroxylation sites is 1. The predicted molar refractivity (Wildman–Crippen MR) is 154 cm³/mol. The van der Waals surface area contributed by atoms with Crippen molar-refractivity contribution in [3.63, 3.8) is 0 Å². The van der Waals surface area contributed by atoms with Gasteiger partial charge in [-0.2, -0.15) is 5.26 Å². The molecule has 0 radical (unpaired) electrons. The molecular formula is C32H43N5O4. The SMILES string of the molecule is CC(C)(C)C[C@H](NC(=O)[C@H](CC1CC1)NC(=O)C1CCCCC1)C(=O)N1C[C@]2(C[C@H]1C#N)C(=O)Nc1ccccc12. The van der Waals surface area contributed by atoms with Crippen molar-refractivity contribution in [3.05, 3.63) is 29.8 Å². The van der Waals surface area contributed by atoms with Crippen LogP contribution in [0.4, 0.5) is 5.69 Å². The highest BCUT2D eigenvalue weighted by Gasteiger charge is 2.56. The van der Waals surface area contributed by atoms with E-state index in [4.69, 9.17) is 0 Å². The molecule has 3 N–H and O–H groups in total. The molecule has 2 saturated carbocycles. The van der Waals surface area contributed by atoms with Crippen molar-refractivity contribution in [1.82, 2.24) is 15.5 Å². The molecule has 3 fully saturated rings. The van der Waals surface area contributed by atoms with Crippen molar-refractivity contribution in [2.45, 2.75) is 109 Å². The van der Waals surface area contributed by atoms with Crippen LogP contribution in [-0.4, -0.2) is 53.2 Å². The largest absolute Gasteiger partial charge is 0.344 e. The van der Waals surface area contributed by atoms with Crippen molar-refractivity contribution in [2.24, 2.45) is 17.3 Å². The first kappa shape index (κ1) is 29.1. The number of carbonyl (C=O) groups is 4. The van der Waals surface area contributed by atoms with E-state index in [9.17, 15) is 24.4 Å². The summed E-state index contributed by atoms with van der Waals surface area (Å²) in [6, 6.07) is 7.27. The molecule has 2 aliphatic carbocycles. The van der Waals surface area contributed by atoms with Crippen LogP contribution in [0.15, 0.2) is 24.3 Å². The molecule has 0 bridgehead atoms. The van der Waals surface area contributed by atoms with Gasteiger partial charge in [-0.05, 0) is 48.6 Å². The van der Waals surface area contributed by atoms with E-state index in [-0.39, 0.29) is 47.9 Å². The van der Waals surface area contributed by atoms with Crippen LogP contribution in [0.3, 0.4) is 0 Å². The molecule has 9 heteroatoms. The lowest BCUT2D eigenvalue weighted by Gasteiger charge is -2.32. The maximum atomic E-state index is 14.2. The minimum Gasteiger partial charge on any atom is -0.344 e. The monoisotopic (exact) mass is 561 g/mol. The quantitative estimate of drug-likeness (QED) is 0.445. The maximum absolute atomic E-state index is 14.2. The third-order valence-corrected chi connectivity index (χ3v) is 9.22. The average molecular weight is 562 g/mol. The third-order valence-electron chi connectivity index (χ3n) is 9.22. The van der Waals surface area contributed by atoms with Crippen LogP contribution in [0.25, 0.3) is 0 Å². The molecule has 4 amide bonds. The van der Waals surface area contributed by atoms with Crippen LogP contribution >= 0.6 is 0 Å². The normalized spacial score (nSPS) is 25.7. The van der Waals surface area contributed by atoms with E-state index in [0.717, 1.165) is 50.5 Å². The topological polar surface area (TPSA) is 131 Å². The standard InChI is InChI=1S/C32H43N5O4/c1-31(2,3)17-26(35-28(39)25(15-20-13-14-20)34-27(38)21-9-5-4-6-10-21)29(40)37-19-32(16-22(37)18-33)23-11-7-8-12-24(23)36-30(32)41/h7-8,11-12,20-22,25-26H,4-6,9-10,13-17,19H2,1-3H3,(H,34,38)(H,35,39)(H,36,41)/t22-,25-,26-,32-/m0/s1. The Balaban J connectivity index is 1.35. The van der Waals surface area contributed by atoms with Gasteiger partial charge in [0, 0.05) is 24.6 Å². The van der Waals surface area contributed by atoms with Crippen LogP contribution in [0.2, 0.25) is 0 Å². The fraction of sp³-hybridized carbons (Fsp3) is 0.656. The summed E-state index contributed by atoms with van der Waals surface area (Å²) in [4.78, 5) is 55.7. The summed E-state index contributed by atoms with van der Waals surface area (Å²) in [7, 11) is 0. The number of hydrogen-bond donors (Lipinski definition) is 3. The van der Waals surface area contributed by atoms with Gasteiger partial charge >= 0.3 is 0 Å². The zero-order valence-electron chi connectivity index (χ0n) is 24.5. The first-order chi connectivity index (χ1) is 19.5. The summed E-state index contributed by atoms with van der Waals surface area (Å²) in [6.07, 6.45) is 8.08. The molecule has 2 heterocycles. The maximum Gasteiger partial charge on any atom is 0.246 e. The Morgan fingerprint density at radius 3 is 2.44 bits per heavy atom. The molecule has 41 heavy (non-hydrogen) atoms. The Morgan fingerprint density at radius 2 is 1.78 bits per heavy atom. The molecule has 1 spiro atoms. The fourth-order valence-electron chi connectivity index (χ4n) is 6.84. The first-order valence-corrected chi connectivity index (χ1v) is 15.2. The number of hydrogen-bond acceptors (Lipinski definition) is 5. The van der Waals surface area contributed by atoms with Gasteiger partial charge in [0.25, 0.3) is 0 Å². The summed E-state index contributed by atoms with van der Waals surface area (Å²) >= 11 is 0. The van der Waals surface area contributed by atoms with Gasteiger partial charge in [-0.1, -0.05) is 71.1 Å². The smallest absolute Gasteiger partial charge is 0.246 e. The molecule has 5 rings (SSSR count). The molecule has 0 aromatic heterocycles. The van der Waals surface area contributed by atoms with E-state index < -0.39 is 23.5 Å². The first-order valence-electron chi connectivity index (χ1n) is 15.2. The number of fused-ring (bicyclic) bond motifs is 2. The Labute approximate surface area is 242 Å². The van der Waals surface area contributed by atoms with Crippen LogP contribution < -0.4 is 16.0 Å². The molecule has 4 aliphatic rings. The lowest BCUT2D eigenvalue weighted by atomic mass is 9.80. The second-order valence-corrected chi connectivity index (χ2v) is 13.8. The van der Waals surface area contributed by atoms with E-state index in [1.165, 1.54) is 4.90 Å². The number of nitrogens with zero attached hydrogens (tertiary/aromatic N) is 2. The molecule has 1 aromatic carbocycles. The molecule has 2 aliphatic heterocycles. The van der Waals surface area contributed by atoms with Gasteiger partial charge in [0.05, 0.1) is 11.5 Å². The van der Waals surface area contributed by atoms with Crippen LogP contribution in [0, 0.1) is 28.6 Å². The Hall–Kier alpha value is -3.41. The fourth-order valence-corrected chi connectivity index (χ4v) is 6.84.